The number of para-hydroxylation sites is 1. The number of fused-ring (bicyclic) bond motifs is 1. The van der Waals surface area contributed by atoms with Crippen molar-refractivity contribution in [3.05, 3.63) is 65.2 Å². The fourth-order valence-corrected chi connectivity index (χ4v) is 4.18. The molecular formula is C25H25N3O6. The molecule has 2 aromatic rings. The Morgan fingerprint density at radius 1 is 1.09 bits per heavy atom. The zero-order valence-corrected chi connectivity index (χ0v) is 19.5. The summed E-state index contributed by atoms with van der Waals surface area (Å²) in [4.78, 5) is 54.3. The maximum Gasteiger partial charge on any atom is 0.408 e. The third-order valence-corrected chi connectivity index (χ3v) is 5.37. The van der Waals surface area contributed by atoms with E-state index in [0.29, 0.717) is 0 Å². The number of hydrogen-bond donors (Lipinski definition) is 1. The number of nitriles is 1. The quantitative estimate of drug-likeness (QED) is 0.545. The number of carbonyl (C=O) groups excluding carboxylic acids is 4. The number of anilines is 1. The SMILES string of the molecule is COC(=O)[C@@]1([C@@H](NC(=O)OC(C)(C)C)c2ccccc2C#N)C(=O)c2ccccc2N1C(C)=O. The molecule has 0 saturated carbocycles. The van der Waals surface area contributed by atoms with Crippen LogP contribution in [0.15, 0.2) is 48.5 Å². The third-order valence-electron chi connectivity index (χ3n) is 5.37. The van der Waals surface area contributed by atoms with Crippen LogP contribution in [-0.2, 0) is 19.1 Å². The summed E-state index contributed by atoms with van der Waals surface area (Å²) in [5.74, 6) is -2.45. The lowest BCUT2D eigenvalue weighted by Crippen LogP contribution is -2.66. The van der Waals surface area contributed by atoms with E-state index in [1.54, 1.807) is 45.0 Å². The normalized spacial score (nSPS) is 17.9. The molecule has 9 heteroatoms. The second kappa shape index (κ2) is 8.98. The summed E-state index contributed by atoms with van der Waals surface area (Å²) in [6.45, 7) is 6.16. The van der Waals surface area contributed by atoms with Gasteiger partial charge in [0.05, 0.1) is 24.4 Å². The fraction of sp³-hybridized carbons (Fsp3) is 0.320. The summed E-state index contributed by atoms with van der Waals surface area (Å²) >= 11 is 0. The van der Waals surface area contributed by atoms with Gasteiger partial charge in [0, 0.05) is 12.5 Å². The Morgan fingerprint density at radius 3 is 2.29 bits per heavy atom. The molecule has 2 aromatic carbocycles. The van der Waals surface area contributed by atoms with Gasteiger partial charge >= 0.3 is 12.1 Å². The van der Waals surface area contributed by atoms with Crippen molar-refractivity contribution in [2.45, 2.75) is 44.9 Å². The molecular weight excluding hydrogens is 438 g/mol. The van der Waals surface area contributed by atoms with Crippen LogP contribution < -0.4 is 10.2 Å². The number of ether oxygens (including phenoxy) is 2. The van der Waals surface area contributed by atoms with Crippen molar-refractivity contribution in [2.24, 2.45) is 0 Å². The molecule has 0 bridgehead atoms. The molecule has 0 unspecified atom stereocenters. The molecule has 0 aliphatic carbocycles. The summed E-state index contributed by atoms with van der Waals surface area (Å²) < 4.78 is 10.4. The molecule has 0 spiro atoms. The van der Waals surface area contributed by atoms with E-state index in [1.165, 1.54) is 31.2 Å². The molecule has 3 rings (SSSR count). The molecule has 9 nitrogen and oxygen atoms in total. The van der Waals surface area contributed by atoms with Crippen molar-refractivity contribution in [1.29, 1.82) is 5.26 Å². The number of rotatable bonds is 4. The van der Waals surface area contributed by atoms with E-state index in [2.05, 4.69) is 5.32 Å². The maximum absolute atomic E-state index is 13.9. The van der Waals surface area contributed by atoms with Gasteiger partial charge in [0.15, 0.2) is 0 Å². The minimum absolute atomic E-state index is 0.0964. The Labute approximate surface area is 197 Å². The van der Waals surface area contributed by atoms with Crippen LogP contribution >= 0.6 is 0 Å². The van der Waals surface area contributed by atoms with Gasteiger partial charge in [0.25, 0.3) is 0 Å². The van der Waals surface area contributed by atoms with Crippen molar-refractivity contribution in [1.82, 2.24) is 5.32 Å². The van der Waals surface area contributed by atoms with Gasteiger partial charge in [-0.3, -0.25) is 14.5 Å². The Morgan fingerprint density at radius 2 is 1.71 bits per heavy atom. The number of Topliss-reactive ketones (excluding diaryl/α,β-unsaturated/α-hetero) is 1. The first kappa shape index (κ1) is 24.5. The molecule has 1 N–H and O–H groups in total. The lowest BCUT2D eigenvalue weighted by molar-refractivity contribution is -0.147. The van der Waals surface area contributed by atoms with Gasteiger partial charge < -0.3 is 14.8 Å². The van der Waals surface area contributed by atoms with Gasteiger partial charge in [0.2, 0.25) is 17.2 Å². The molecule has 0 aromatic heterocycles. The predicted molar refractivity (Wildman–Crippen MR) is 122 cm³/mol. The van der Waals surface area contributed by atoms with E-state index in [9.17, 15) is 24.4 Å². The zero-order valence-electron chi connectivity index (χ0n) is 19.5. The highest BCUT2D eigenvalue weighted by atomic mass is 16.6. The molecule has 2 amide bonds. The Hall–Kier alpha value is -4.19. The van der Waals surface area contributed by atoms with Crippen molar-refractivity contribution in [3.8, 4) is 6.07 Å². The van der Waals surface area contributed by atoms with Gasteiger partial charge in [0.1, 0.15) is 11.6 Å². The second-order valence-corrected chi connectivity index (χ2v) is 8.74. The smallest absolute Gasteiger partial charge is 0.408 e. The number of nitrogens with one attached hydrogen (secondary N) is 1. The van der Waals surface area contributed by atoms with Gasteiger partial charge in [-0.1, -0.05) is 30.3 Å². The number of ketones is 1. The third kappa shape index (κ3) is 3.99. The monoisotopic (exact) mass is 463 g/mol. The van der Waals surface area contributed by atoms with E-state index in [4.69, 9.17) is 9.47 Å². The summed E-state index contributed by atoms with van der Waals surface area (Å²) in [5.41, 5.74) is -2.71. The van der Waals surface area contributed by atoms with Crippen molar-refractivity contribution < 1.29 is 28.7 Å². The molecule has 176 valence electrons. The largest absolute Gasteiger partial charge is 0.467 e. The summed E-state index contributed by atoms with van der Waals surface area (Å²) in [6.07, 6.45) is -0.944. The summed E-state index contributed by atoms with van der Waals surface area (Å²) in [7, 11) is 1.08. The van der Waals surface area contributed by atoms with Gasteiger partial charge in [-0.05, 0) is 44.5 Å². The minimum atomic E-state index is -2.35. The molecule has 0 saturated heterocycles. The predicted octanol–water partition coefficient (Wildman–Crippen LogP) is 3.29. The number of methoxy groups -OCH3 is 1. The minimum Gasteiger partial charge on any atom is -0.467 e. The number of benzene rings is 2. The lowest BCUT2D eigenvalue weighted by atomic mass is 9.79. The zero-order chi connectivity index (χ0) is 25.3. The molecule has 1 heterocycles. The number of hydrogen-bond acceptors (Lipinski definition) is 7. The van der Waals surface area contributed by atoms with E-state index in [0.717, 1.165) is 12.0 Å². The van der Waals surface area contributed by atoms with E-state index < -0.39 is 40.9 Å². The average Bonchev–Trinajstić information content (AvgIpc) is 3.05. The first-order valence-corrected chi connectivity index (χ1v) is 10.5. The highest BCUT2D eigenvalue weighted by Crippen LogP contribution is 2.47. The van der Waals surface area contributed by atoms with Crippen molar-refractivity contribution >= 4 is 29.4 Å². The number of amides is 2. The molecule has 34 heavy (non-hydrogen) atoms. The first-order chi connectivity index (χ1) is 16.0. The summed E-state index contributed by atoms with van der Waals surface area (Å²) in [6, 6.07) is 12.9. The standard InChI is InChI=1S/C25H25N3O6/c1-15(29)28-19-13-9-8-12-18(19)21(30)25(28,22(31)33-5)20(27-23(32)34-24(2,3)4)17-11-7-6-10-16(17)14-26/h6-13,20H,1-5H3,(H,27,32)/t20-,25+/m0/s1. The number of carbonyl (C=O) groups is 4. The fourth-order valence-electron chi connectivity index (χ4n) is 4.18. The molecule has 1 aliphatic heterocycles. The highest BCUT2D eigenvalue weighted by Gasteiger charge is 2.65. The topological polar surface area (TPSA) is 126 Å². The summed E-state index contributed by atoms with van der Waals surface area (Å²) in [5, 5.41) is 12.3. The molecule has 1 aliphatic rings. The second-order valence-electron chi connectivity index (χ2n) is 8.74. The van der Waals surface area contributed by atoms with E-state index in [1.807, 2.05) is 6.07 Å². The van der Waals surface area contributed by atoms with Crippen LogP contribution in [0.4, 0.5) is 10.5 Å². The van der Waals surface area contributed by atoms with Crippen molar-refractivity contribution in [2.75, 3.05) is 12.0 Å². The lowest BCUT2D eigenvalue weighted by Gasteiger charge is -2.40. The van der Waals surface area contributed by atoms with E-state index >= 15 is 0 Å². The van der Waals surface area contributed by atoms with Crippen LogP contribution in [0.1, 0.15) is 55.2 Å². The average molecular weight is 463 g/mol. The number of alkyl carbamates (subject to hydrolysis) is 1. The Balaban J connectivity index is 2.36. The van der Waals surface area contributed by atoms with E-state index in [-0.39, 0.29) is 22.4 Å². The Kier molecular flexibility index (Phi) is 6.46. The number of esters is 1. The molecule has 2 atom stereocenters. The highest BCUT2D eigenvalue weighted by molar-refractivity contribution is 6.30. The number of nitrogens with zero attached hydrogens (tertiary/aromatic N) is 2. The van der Waals surface area contributed by atoms with Crippen LogP contribution in [-0.4, -0.2) is 42.0 Å². The maximum atomic E-state index is 13.9. The van der Waals surface area contributed by atoms with Gasteiger partial charge in [-0.25, -0.2) is 9.59 Å². The van der Waals surface area contributed by atoms with Crippen LogP contribution in [0, 0.1) is 11.3 Å². The van der Waals surface area contributed by atoms with Crippen LogP contribution in [0.3, 0.4) is 0 Å². The Bertz CT molecular complexity index is 1210. The van der Waals surface area contributed by atoms with Gasteiger partial charge in [-0.2, -0.15) is 5.26 Å². The van der Waals surface area contributed by atoms with Crippen LogP contribution in [0.2, 0.25) is 0 Å². The first-order valence-electron chi connectivity index (χ1n) is 10.5. The molecule has 0 radical (unpaired) electrons. The van der Waals surface area contributed by atoms with Gasteiger partial charge in [-0.15, -0.1) is 0 Å². The van der Waals surface area contributed by atoms with Crippen molar-refractivity contribution in [3.63, 3.8) is 0 Å². The van der Waals surface area contributed by atoms with Crippen LogP contribution in [0.5, 0.6) is 0 Å². The van der Waals surface area contributed by atoms with Crippen LogP contribution in [0.25, 0.3) is 0 Å². The molecule has 0 fully saturated rings.